The van der Waals surface area contributed by atoms with Crippen molar-refractivity contribution in [2.75, 3.05) is 18.9 Å². The Labute approximate surface area is 110 Å². The highest BCUT2D eigenvalue weighted by Crippen LogP contribution is 2.21. The first-order valence-corrected chi connectivity index (χ1v) is 7.85. The third-order valence-electron chi connectivity index (χ3n) is 2.96. The third-order valence-corrected chi connectivity index (χ3v) is 4.98. The molecule has 1 unspecified atom stereocenters. The Bertz CT molecular complexity index is 353. The number of nitrogens with zero attached hydrogens (tertiary/aromatic N) is 1. The van der Waals surface area contributed by atoms with E-state index in [4.69, 9.17) is 5.11 Å². The molecule has 3 nitrogen and oxygen atoms in total. The van der Waals surface area contributed by atoms with Gasteiger partial charge in [-0.1, -0.05) is 6.07 Å². The van der Waals surface area contributed by atoms with Gasteiger partial charge >= 0.3 is 0 Å². The monoisotopic (exact) mass is 271 g/mol. The molecule has 1 atom stereocenters. The fraction of sp³-hybridized carbons (Fsp3) is 0.583. The molecule has 2 heterocycles. The van der Waals surface area contributed by atoms with E-state index in [-0.39, 0.29) is 18.6 Å². The molecule has 1 fully saturated rings. The van der Waals surface area contributed by atoms with Crippen molar-refractivity contribution < 1.29 is 9.90 Å². The van der Waals surface area contributed by atoms with Gasteiger partial charge in [-0.2, -0.15) is 0 Å². The molecular formula is C12H17NO2S2. The normalized spacial score (nSPS) is 19.8. The van der Waals surface area contributed by atoms with Gasteiger partial charge in [0.2, 0.25) is 5.91 Å². The Morgan fingerprint density at radius 2 is 2.53 bits per heavy atom. The molecule has 94 valence electrons. The molecule has 1 amide bonds. The van der Waals surface area contributed by atoms with Crippen molar-refractivity contribution in [3.8, 4) is 0 Å². The van der Waals surface area contributed by atoms with Gasteiger partial charge in [0.25, 0.3) is 0 Å². The Balaban J connectivity index is 1.73. The summed E-state index contributed by atoms with van der Waals surface area (Å²) in [6.45, 7) is 0.908. The largest absolute Gasteiger partial charge is 0.394 e. The molecule has 1 saturated heterocycles. The Hall–Kier alpha value is -0.520. The predicted molar refractivity (Wildman–Crippen MR) is 72.3 cm³/mol. The van der Waals surface area contributed by atoms with E-state index in [1.807, 2.05) is 11.0 Å². The third kappa shape index (κ3) is 3.47. The molecule has 0 spiro atoms. The van der Waals surface area contributed by atoms with E-state index < -0.39 is 0 Å². The lowest BCUT2D eigenvalue weighted by atomic mass is 10.2. The van der Waals surface area contributed by atoms with Gasteiger partial charge in [0.05, 0.1) is 18.4 Å². The van der Waals surface area contributed by atoms with E-state index in [9.17, 15) is 4.79 Å². The van der Waals surface area contributed by atoms with Crippen LogP contribution >= 0.6 is 23.1 Å². The topological polar surface area (TPSA) is 40.5 Å². The summed E-state index contributed by atoms with van der Waals surface area (Å²) in [5.41, 5.74) is 0. The van der Waals surface area contributed by atoms with Crippen LogP contribution in [0, 0.1) is 0 Å². The molecule has 0 saturated carbocycles. The highest BCUT2D eigenvalue weighted by molar-refractivity contribution is 7.99. The van der Waals surface area contributed by atoms with Gasteiger partial charge in [0.1, 0.15) is 0 Å². The average Bonchev–Trinajstić information content (AvgIpc) is 2.99. The van der Waals surface area contributed by atoms with Crippen molar-refractivity contribution in [2.45, 2.75) is 24.6 Å². The molecule has 1 aliphatic heterocycles. The quantitative estimate of drug-likeness (QED) is 0.890. The predicted octanol–water partition coefficient (Wildman–Crippen LogP) is 1.96. The standard InChI is InChI=1S/C12H17NO2S2/c14-7-10-3-1-5-13(10)12(15)9-16-8-11-4-2-6-17-11/h2,4,6,10,14H,1,3,5,7-9H2. The summed E-state index contributed by atoms with van der Waals surface area (Å²) in [6, 6.07) is 4.18. The molecule has 1 aromatic heterocycles. The van der Waals surface area contributed by atoms with Crippen LogP contribution in [0.4, 0.5) is 0 Å². The lowest BCUT2D eigenvalue weighted by Crippen LogP contribution is -2.38. The summed E-state index contributed by atoms with van der Waals surface area (Å²) in [6.07, 6.45) is 1.96. The molecule has 1 N–H and O–H groups in total. The lowest BCUT2D eigenvalue weighted by molar-refractivity contribution is -0.129. The van der Waals surface area contributed by atoms with Gasteiger partial charge in [0, 0.05) is 17.2 Å². The SMILES string of the molecule is O=C(CSCc1cccs1)N1CCCC1CO. The minimum Gasteiger partial charge on any atom is -0.394 e. The number of hydrogen-bond acceptors (Lipinski definition) is 4. The number of thioether (sulfide) groups is 1. The van der Waals surface area contributed by atoms with Crippen LogP contribution in [0.15, 0.2) is 17.5 Å². The first-order chi connectivity index (χ1) is 8.31. The Morgan fingerprint density at radius 3 is 3.24 bits per heavy atom. The summed E-state index contributed by atoms with van der Waals surface area (Å²) in [4.78, 5) is 15.1. The summed E-state index contributed by atoms with van der Waals surface area (Å²) >= 11 is 3.38. The van der Waals surface area contributed by atoms with Gasteiger partial charge in [-0.3, -0.25) is 4.79 Å². The van der Waals surface area contributed by atoms with Crippen LogP contribution in [0.25, 0.3) is 0 Å². The van der Waals surface area contributed by atoms with Crippen LogP contribution in [0.1, 0.15) is 17.7 Å². The van der Waals surface area contributed by atoms with E-state index in [1.165, 1.54) is 4.88 Å². The summed E-state index contributed by atoms with van der Waals surface area (Å²) in [5.74, 6) is 1.60. The second-order valence-electron chi connectivity index (χ2n) is 4.14. The van der Waals surface area contributed by atoms with Crippen LogP contribution in [-0.4, -0.2) is 40.9 Å². The number of amides is 1. The smallest absolute Gasteiger partial charge is 0.232 e. The van der Waals surface area contributed by atoms with Crippen molar-refractivity contribution in [1.29, 1.82) is 0 Å². The summed E-state index contributed by atoms with van der Waals surface area (Å²) < 4.78 is 0. The van der Waals surface area contributed by atoms with Crippen LogP contribution in [0.3, 0.4) is 0 Å². The van der Waals surface area contributed by atoms with E-state index in [2.05, 4.69) is 11.4 Å². The highest BCUT2D eigenvalue weighted by atomic mass is 32.2. The van der Waals surface area contributed by atoms with Crippen molar-refractivity contribution in [1.82, 2.24) is 4.90 Å². The van der Waals surface area contributed by atoms with E-state index in [1.54, 1.807) is 23.1 Å². The first-order valence-electron chi connectivity index (χ1n) is 5.81. The molecule has 5 heteroatoms. The van der Waals surface area contributed by atoms with Crippen LogP contribution in [0.5, 0.6) is 0 Å². The zero-order chi connectivity index (χ0) is 12.1. The molecular weight excluding hydrogens is 254 g/mol. The van der Waals surface area contributed by atoms with Crippen molar-refractivity contribution in [2.24, 2.45) is 0 Å². The Kier molecular flexibility index (Phi) is 4.88. The molecule has 17 heavy (non-hydrogen) atoms. The number of carbonyl (C=O) groups excluding carboxylic acids is 1. The van der Waals surface area contributed by atoms with Crippen molar-refractivity contribution in [3.63, 3.8) is 0 Å². The molecule has 2 rings (SSSR count). The van der Waals surface area contributed by atoms with Crippen LogP contribution in [0.2, 0.25) is 0 Å². The van der Waals surface area contributed by atoms with Gasteiger partial charge in [0.15, 0.2) is 0 Å². The fourth-order valence-corrected chi connectivity index (χ4v) is 3.82. The van der Waals surface area contributed by atoms with Gasteiger partial charge in [-0.25, -0.2) is 0 Å². The zero-order valence-electron chi connectivity index (χ0n) is 9.67. The second kappa shape index (κ2) is 6.42. The summed E-state index contributed by atoms with van der Waals surface area (Å²) in [5, 5.41) is 11.2. The maximum absolute atomic E-state index is 11.9. The van der Waals surface area contributed by atoms with E-state index in [0.29, 0.717) is 5.75 Å². The maximum Gasteiger partial charge on any atom is 0.232 e. The van der Waals surface area contributed by atoms with E-state index >= 15 is 0 Å². The van der Waals surface area contributed by atoms with Crippen molar-refractivity contribution in [3.05, 3.63) is 22.4 Å². The highest BCUT2D eigenvalue weighted by Gasteiger charge is 2.27. The molecule has 1 aliphatic rings. The number of thiophene rings is 1. The number of rotatable bonds is 5. The number of likely N-dealkylation sites (tertiary alicyclic amines) is 1. The minimum absolute atomic E-state index is 0.0600. The number of carbonyl (C=O) groups is 1. The molecule has 1 aromatic rings. The average molecular weight is 271 g/mol. The number of aliphatic hydroxyl groups is 1. The lowest BCUT2D eigenvalue weighted by Gasteiger charge is -2.22. The zero-order valence-corrected chi connectivity index (χ0v) is 11.3. The first kappa shape index (κ1) is 12.9. The number of aliphatic hydroxyl groups excluding tert-OH is 1. The Morgan fingerprint density at radius 1 is 1.65 bits per heavy atom. The fourth-order valence-electron chi connectivity index (χ4n) is 2.07. The molecule has 0 aromatic carbocycles. The molecule has 0 bridgehead atoms. The maximum atomic E-state index is 11.9. The van der Waals surface area contributed by atoms with Crippen LogP contribution in [-0.2, 0) is 10.5 Å². The van der Waals surface area contributed by atoms with Crippen LogP contribution < -0.4 is 0 Å². The van der Waals surface area contributed by atoms with E-state index in [0.717, 1.165) is 25.1 Å². The molecule has 0 radical (unpaired) electrons. The second-order valence-corrected chi connectivity index (χ2v) is 6.16. The van der Waals surface area contributed by atoms with Gasteiger partial charge in [-0.05, 0) is 24.3 Å². The van der Waals surface area contributed by atoms with Gasteiger partial charge in [-0.15, -0.1) is 23.1 Å². The van der Waals surface area contributed by atoms with Gasteiger partial charge < -0.3 is 10.0 Å². The summed E-state index contributed by atoms with van der Waals surface area (Å²) in [7, 11) is 0. The number of hydrogen-bond donors (Lipinski definition) is 1. The molecule has 0 aliphatic carbocycles. The minimum atomic E-state index is 0.0600. The van der Waals surface area contributed by atoms with Crippen molar-refractivity contribution >= 4 is 29.0 Å².